The summed E-state index contributed by atoms with van der Waals surface area (Å²) in [6, 6.07) is 0. The summed E-state index contributed by atoms with van der Waals surface area (Å²) >= 11 is 0. The maximum absolute atomic E-state index is 12.3. The van der Waals surface area contributed by atoms with Gasteiger partial charge in [0.15, 0.2) is 0 Å². The molecule has 4 rings (SSSR count). The van der Waals surface area contributed by atoms with Crippen molar-refractivity contribution < 1.29 is 25.5 Å². The van der Waals surface area contributed by atoms with E-state index in [0.717, 1.165) is 6.42 Å². The zero-order valence-electron chi connectivity index (χ0n) is 21.4. The summed E-state index contributed by atoms with van der Waals surface area (Å²) in [5.74, 6) is 1.63. The van der Waals surface area contributed by atoms with Gasteiger partial charge in [0.25, 0.3) is 0 Å². The van der Waals surface area contributed by atoms with Crippen LogP contribution in [-0.4, -0.2) is 54.5 Å². The molecular formula is C28H46O5. The number of rotatable bonds is 4. The molecule has 0 aromatic carbocycles. The summed E-state index contributed by atoms with van der Waals surface area (Å²) in [5, 5.41) is 57.4. The molecule has 5 heteroatoms. The molecule has 4 aliphatic carbocycles. The van der Waals surface area contributed by atoms with Crippen molar-refractivity contribution in [2.24, 2.45) is 34.5 Å². The molecule has 0 bridgehead atoms. The molecule has 0 heterocycles. The molecule has 1 unspecified atom stereocenters. The molecule has 0 aromatic heterocycles. The Hall–Kier alpha value is -0.720. The summed E-state index contributed by atoms with van der Waals surface area (Å²) in [4.78, 5) is 0. The fourth-order valence-corrected chi connectivity index (χ4v) is 8.09. The minimum Gasteiger partial charge on any atom is -0.393 e. The first-order chi connectivity index (χ1) is 15.2. The van der Waals surface area contributed by atoms with Crippen molar-refractivity contribution in [2.45, 2.75) is 115 Å². The first kappa shape index (κ1) is 25.4. The predicted molar refractivity (Wildman–Crippen MR) is 129 cm³/mol. The van der Waals surface area contributed by atoms with Gasteiger partial charge in [0.1, 0.15) is 11.7 Å². The lowest BCUT2D eigenvalue weighted by Gasteiger charge is -2.67. The van der Waals surface area contributed by atoms with Crippen LogP contribution in [0.2, 0.25) is 0 Å². The van der Waals surface area contributed by atoms with Crippen molar-refractivity contribution in [3.63, 3.8) is 0 Å². The molecule has 10 atom stereocenters. The topological polar surface area (TPSA) is 101 Å². The van der Waals surface area contributed by atoms with Crippen molar-refractivity contribution in [2.75, 3.05) is 0 Å². The Morgan fingerprint density at radius 3 is 2.18 bits per heavy atom. The van der Waals surface area contributed by atoms with Crippen LogP contribution in [0.15, 0.2) is 23.8 Å². The summed E-state index contributed by atoms with van der Waals surface area (Å²) in [7, 11) is 0. The van der Waals surface area contributed by atoms with E-state index in [-0.39, 0.29) is 12.3 Å². The monoisotopic (exact) mass is 462 g/mol. The van der Waals surface area contributed by atoms with Gasteiger partial charge in [-0.3, -0.25) is 0 Å². The third-order valence-corrected chi connectivity index (χ3v) is 11.1. The summed E-state index contributed by atoms with van der Waals surface area (Å²) in [6.45, 7) is 12.9. The van der Waals surface area contributed by atoms with E-state index in [9.17, 15) is 25.5 Å². The molecule has 0 radical (unpaired) electrons. The van der Waals surface area contributed by atoms with Crippen molar-refractivity contribution in [1.82, 2.24) is 0 Å². The summed E-state index contributed by atoms with van der Waals surface area (Å²) < 4.78 is 0. The first-order valence-corrected chi connectivity index (χ1v) is 13.1. The van der Waals surface area contributed by atoms with Gasteiger partial charge in [0.05, 0.1) is 17.3 Å². The van der Waals surface area contributed by atoms with Gasteiger partial charge in [-0.2, -0.15) is 0 Å². The predicted octanol–water partition coefficient (Wildman–Crippen LogP) is 3.73. The Morgan fingerprint density at radius 2 is 1.55 bits per heavy atom. The van der Waals surface area contributed by atoms with Gasteiger partial charge in [-0.1, -0.05) is 53.7 Å². The van der Waals surface area contributed by atoms with Crippen molar-refractivity contribution in [3.05, 3.63) is 23.8 Å². The molecular weight excluding hydrogens is 416 g/mol. The van der Waals surface area contributed by atoms with Crippen LogP contribution in [-0.2, 0) is 0 Å². The minimum atomic E-state index is -1.62. The maximum Gasteiger partial charge on any atom is 0.105 e. The lowest BCUT2D eigenvalue weighted by atomic mass is 9.42. The summed E-state index contributed by atoms with van der Waals surface area (Å²) in [5.41, 5.74) is -5.19. The molecule has 5 nitrogen and oxygen atoms in total. The van der Waals surface area contributed by atoms with Crippen LogP contribution in [0.25, 0.3) is 0 Å². The summed E-state index contributed by atoms with van der Waals surface area (Å²) in [6.07, 6.45) is 7.61. The van der Waals surface area contributed by atoms with E-state index in [2.05, 4.69) is 46.8 Å². The van der Waals surface area contributed by atoms with Crippen LogP contribution in [0.3, 0.4) is 0 Å². The van der Waals surface area contributed by atoms with E-state index < -0.39 is 39.8 Å². The Kier molecular flexibility index (Phi) is 6.07. The number of fused-ring (bicyclic) bond motifs is 5. The van der Waals surface area contributed by atoms with Gasteiger partial charge < -0.3 is 25.5 Å². The Morgan fingerprint density at radius 1 is 0.879 bits per heavy atom. The Labute approximate surface area is 199 Å². The Bertz CT molecular complexity index is 836. The molecule has 3 saturated carbocycles. The van der Waals surface area contributed by atoms with E-state index in [0.29, 0.717) is 55.4 Å². The zero-order chi connectivity index (χ0) is 24.6. The van der Waals surface area contributed by atoms with E-state index in [1.54, 1.807) is 6.08 Å². The van der Waals surface area contributed by atoms with Gasteiger partial charge in [-0.25, -0.2) is 0 Å². The number of aliphatic hydroxyl groups excluding tert-OH is 2. The smallest absolute Gasteiger partial charge is 0.105 e. The fraction of sp³-hybridized carbons (Fsp3) is 0.857. The van der Waals surface area contributed by atoms with Gasteiger partial charge in [0.2, 0.25) is 0 Å². The second-order valence-corrected chi connectivity index (χ2v) is 12.8. The second-order valence-electron chi connectivity index (χ2n) is 12.8. The van der Waals surface area contributed by atoms with E-state index >= 15 is 0 Å². The van der Waals surface area contributed by atoms with Crippen LogP contribution in [0.1, 0.15) is 86.5 Å². The van der Waals surface area contributed by atoms with Crippen molar-refractivity contribution in [3.8, 4) is 0 Å². The largest absolute Gasteiger partial charge is 0.393 e. The number of hydrogen-bond donors (Lipinski definition) is 5. The molecule has 4 aliphatic rings. The van der Waals surface area contributed by atoms with Crippen LogP contribution >= 0.6 is 0 Å². The van der Waals surface area contributed by atoms with E-state index in [1.807, 2.05) is 6.92 Å². The highest BCUT2D eigenvalue weighted by Crippen LogP contribution is 2.70. The average molecular weight is 463 g/mol. The molecule has 0 aromatic rings. The number of allylic oxidation sites excluding steroid dienone is 2. The number of aliphatic hydroxyl groups is 5. The third kappa shape index (κ3) is 3.22. The molecule has 3 fully saturated rings. The molecule has 0 spiro atoms. The molecule has 0 amide bonds. The van der Waals surface area contributed by atoms with Crippen molar-refractivity contribution >= 4 is 0 Å². The quantitative estimate of drug-likeness (QED) is 0.410. The van der Waals surface area contributed by atoms with Crippen LogP contribution in [0.4, 0.5) is 0 Å². The van der Waals surface area contributed by atoms with Gasteiger partial charge in [0, 0.05) is 17.3 Å². The average Bonchev–Trinajstić information content (AvgIpc) is 3.02. The molecule has 188 valence electrons. The highest BCUT2D eigenvalue weighted by molar-refractivity contribution is 5.45. The lowest BCUT2D eigenvalue weighted by molar-refractivity contribution is -0.269. The molecule has 0 saturated heterocycles. The Balaban J connectivity index is 1.72. The molecule has 0 aliphatic heterocycles. The van der Waals surface area contributed by atoms with Gasteiger partial charge >= 0.3 is 0 Å². The van der Waals surface area contributed by atoms with Gasteiger partial charge in [-0.05, 0) is 73.8 Å². The van der Waals surface area contributed by atoms with Crippen molar-refractivity contribution in [1.29, 1.82) is 0 Å². The fourth-order valence-electron chi connectivity index (χ4n) is 8.09. The van der Waals surface area contributed by atoms with Crippen LogP contribution in [0, 0.1) is 34.5 Å². The first-order valence-electron chi connectivity index (χ1n) is 13.1. The zero-order valence-corrected chi connectivity index (χ0v) is 21.4. The van der Waals surface area contributed by atoms with Crippen LogP contribution < -0.4 is 0 Å². The van der Waals surface area contributed by atoms with E-state index in [1.165, 1.54) is 0 Å². The highest BCUT2D eigenvalue weighted by atomic mass is 16.4. The highest BCUT2D eigenvalue weighted by Gasteiger charge is 2.74. The van der Waals surface area contributed by atoms with E-state index in [4.69, 9.17) is 0 Å². The number of hydrogen-bond acceptors (Lipinski definition) is 5. The molecule has 5 N–H and O–H groups in total. The van der Waals surface area contributed by atoms with Crippen LogP contribution in [0.5, 0.6) is 0 Å². The van der Waals surface area contributed by atoms with Gasteiger partial charge in [-0.15, -0.1) is 0 Å². The SMILES string of the molecule is CC(C)C(C)/C=C/[C@@H](C)[C@H]1CC[C@]2(O)C3=C[C@@H](O)[C@@]4(O)C[C@@H](O)CC[C@]4(C)[C@@]3(O)CC[C@]12C. The standard InChI is InChI=1S/C28H46O5/c1-17(2)18(3)7-8-19(4)21-10-12-26(31)22-15-23(30)28(33)16-20(29)9-11-25(28,6)27(22,32)14-13-24(21,26)5/h7-8,15,17-21,23,29-33H,9-14,16H2,1-6H3/b8-7+/t18?,19-,20+,21-,23-,24-,25-,26+,27-,28+/m1/s1. The minimum absolute atomic E-state index is 0.0327. The third-order valence-electron chi connectivity index (χ3n) is 11.1. The lowest BCUT2D eigenvalue weighted by Crippen LogP contribution is -2.75. The maximum atomic E-state index is 12.3. The normalized spacial score (nSPS) is 51.6. The second kappa shape index (κ2) is 7.89. The molecule has 33 heavy (non-hydrogen) atoms.